The summed E-state index contributed by atoms with van der Waals surface area (Å²) in [6.07, 6.45) is 1.06. The van der Waals surface area contributed by atoms with Crippen LogP contribution in [0, 0.1) is 0 Å². The van der Waals surface area contributed by atoms with Crippen LogP contribution in [0.15, 0.2) is 60.8 Å². The third kappa shape index (κ3) is 2.49. The van der Waals surface area contributed by atoms with Crippen LogP contribution in [0.3, 0.4) is 0 Å². The number of ether oxygens (including phenoxy) is 1. The number of benzene rings is 2. The van der Waals surface area contributed by atoms with Gasteiger partial charge in [0, 0.05) is 5.39 Å². The Hall–Kier alpha value is -2.39. The summed E-state index contributed by atoms with van der Waals surface area (Å²) in [6.45, 7) is 1.69. The fourth-order valence-electron chi connectivity index (χ4n) is 2.11. The van der Waals surface area contributed by atoms with Gasteiger partial charge in [0.1, 0.15) is 11.5 Å². The van der Waals surface area contributed by atoms with Crippen molar-refractivity contribution in [3.8, 4) is 11.5 Å². The van der Waals surface area contributed by atoms with Crippen LogP contribution < -0.4 is 4.74 Å². The van der Waals surface area contributed by atoms with E-state index in [-0.39, 0.29) is 0 Å². The van der Waals surface area contributed by atoms with Gasteiger partial charge in [-0.3, -0.25) is 4.98 Å². The Kier molecular flexibility index (Phi) is 3.35. The lowest BCUT2D eigenvalue weighted by atomic mass is 10.1. The Bertz CT molecular complexity index is 715. The average Bonchev–Trinajstić information content (AvgIpc) is 2.48. The molecule has 0 aliphatic heterocycles. The van der Waals surface area contributed by atoms with Gasteiger partial charge in [0.25, 0.3) is 0 Å². The molecule has 3 aromatic rings. The molecular formula is C17H15NO2. The van der Waals surface area contributed by atoms with Gasteiger partial charge in [-0.2, -0.15) is 0 Å². The monoisotopic (exact) mass is 265 g/mol. The minimum Gasteiger partial charge on any atom is -0.455 e. The van der Waals surface area contributed by atoms with Crippen molar-refractivity contribution >= 4 is 10.8 Å². The van der Waals surface area contributed by atoms with Gasteiger partial charge in [-0.1, -0.05) is 36.4 Å². The molecule has 3 rings (SSSR count). The van der Waals surface area contributed by atoms with Crippen LogP contribution in [-0.4, -0.2) is 10.1 Å². The quantitative estimate of drug-likeness (QED) is 0.775. The predicted octanol–water partition coefficient (Wildman–Crippen LogP) is 4.08. The summed E-state index contributed by atoms with van der Waals surface area (Å²) < 4.78 is 5.88. The van der Waals surface area contributed by atoms with Crippen LogP contribution in [-0.2, 0) is 0 Å². The molecule has 0 aliphatic rings. The van der Waals surface area contributed by atoms with Crippen molar-refractivity contribution in [2.24, 2.45) is 0 Å². The SMILES string of the molecule is C[C@@H](O)c1ccc(Oc2cccc3ccccc23)cn1. The Labute approximate surface area is 117 Å². The molecule has 0 spiro atoms. The van der Waals surface area contributed by atoms with E-state index in [1.807, 2.05) is 36.4 Å². The molecule has 20 heavy (non-hydrogen) atoms. The smallest absolute Gasteiger partial charge is 0.145 e. The minimum atomic E-state index is -0.568. The summed E-state index contributed by atoms with van der Waals surface area (Å²) in [6, 6.07) is 17.6. The van der Waals surface area contributed by atoms with Crippen LogP contribution in [0.2, 0.25) is 0 Å². The maximum absolute atomic E-state index is 9.44. The first-order valence-electron chi connectivity index (χ1n) is 6.54. The van der Waals surface area contributed by atoms with Crippen molar-refractivity contribution in [3.63, 3.8) is 0 Å². The number of aliphatic hydroxyl groups is 1. The van der Waals surface area contributed by atoms with Crippen molar-refractivity contribution in [3.05, 3.63) is 66.5 Å². The topological polar surface area (TPSA) is 42.4 Å². The summed E-state index contributed by atoms with van der Waals surface area (Å²) >= 11 is 0. The number of hydrogen-bond donors (Lipinski definition) is 1. The molecule has 1 heterocycles. The van der Waals surface area contributed by atoms with Crippen LogP contribution in [0.1, 0.15) is 18.7 Å². The second-order valence-electron chi connectivity index (χ2n) is 4.67. The molecule has 0 bridgehead atoms. The first-order valence-corrected chi connectivity index (χ1v) is 6.54. The molecule has 1 atom stereocenters. The highest BCUT2D eigenvalue weighted by Gasteiger charge is 2.05. The van der Waals surface area contributed by atoms with Crippen molar-refractivity contribution in [1.82, 2.24) is 4.98 Å². The molecule has 0 amide bonds. The molecule has 3 nitrogen and oxygen atoms in total. The largest absolute Gasteiger partial charge is 0.455 e. The van der Waals surface area contributed by atoms with Gasteiger partial charge in [-0.25, -0.2) is 0 Å². The second-order valence-corrected chi connectivity index (χ2v) is 4.67. The minimum absolute atomic E-state index is 0.568. The van der Waals surface area contributed by atoms with E-state index in [1.165, 1.54) is 0 Å². The number of rotatable bonds is 3. The molecule has 100 valence electrons. The molecule has 0 saturated heterocycles. The van der Waals surface area contributed by atoms with Crippen molar-refractivity contribution in [2.75, 3.05) is 0 Å². The van der Waals surface area contributed by atoms with Crippen LogP contribution in [0.5, 0.6) is 11.5 Å². The zero-order valence-electron chi connectivity index (χ0n) is 11.2. The highest BCUT2D eigenvalue weighted by Crippen LogP contribution is 2.29. The molecule has 0 aliphatic carbocycles. The molecule has 0 unspecified atom stereocenters. The van der Waals surface area contributed by atoms with Gasteiger partial charge >= 0.3 is 0 Å². The molecule has 0 fully saturated rings. The van der Waals surface area contributed by atoms with Crippen LogP contribution in [0.25, 0.3) is 10.8 Å². The van der Waals surface area contributed by atoms with E-state index in [1.54, 1.807) is 19.2 Å². The van der Waals surface area contributed by atoms with E-state index >= 15 is 0 Å². The number of aliphatic hydroxyl groups excluding tert-OH is 1. The zero-order chi connectivity index (χ0) is 13.9. The summed E-state index contributed by atoms with van der Waals surface area (Å²) in [5.41, 5.74) is 0.635. The van der Waals surface area contributed by atoms with Crippen LogP contribution in [0.4, 0.5) is 0 Å². The zero-order valence-corrected chi connectivity index (χ0v) is 11.2. The summed E-state index contributed by atoms with van der Waals surface area (Å²) in [5, 5.41) is 11.6. The summed E-state index contributed by atoms with van der Waals surface area (Å²) in [4.78, 5) is 4.18. The fourth-order valence-corrected chi connectivity index (χ4v) is 2.11. The maximum Gasteiger partial charge on any atom is 0.145 e. The van der Waals surface area contributed by atoms with Gasteiger partial charge in [-0.05, 0) is 30.5 Å². The predicted molar refractivity (Wildman–Crippen MR) is 78.9 cm³/mol. The summed E-state index contributed by atoms with van der Waals surface area (Å²) in [5.74, 6) is 1.46. The van der Waals surface area contributed by atoms with E-state index < -0.39 is 6.10 Å². The Morgan fingerprint density at radius 2 is 1.80 bits per heavy atom. The molecular weight excluding hydrogens is 250 g/mol. The molecule has 1 aromatic heterocycles. The van der Waals surface area contributed by atoms with E-state index in [2.05, 4.69) is 17.1 Å². The Balaban J connectivity index is 1.93. The van der Waals surface area contributed by atoms with Gasteiger partial charge in [0.15, 0.2) is 0 Å². The normalized spacial score (nSPS) is 12.3. The number of fused-ring (bicyclic) bond motifs is 1. The first-order chi connectivity index (χ1) is 9.74. The molecule has 0 radical (unpaired) electrons. The summed E-state index contributed by atoms with van der Waals surface area (Å²) in [7, 11) is 0. The highest BCUT2D eigenvalue weighted by molar-refractivity contribution is 5.88. The van der Waals surface area contributed by atoms with E-state index in [0.29, 0.717) is 11.4 Å². The average molecular weight is 265 g/mol. The van der Waals surface area contributed by atoms with Gasteiger partial charge < -0.3 is 9.84 Å². The Morgan fingerprint density at radius 1 is 1.00 bits per heavy atom. The van der Waals surface area contributed by atoms with Crippen molar-refractivity contribution < 1.29 is 9.84 Å². The number of hydrogen-bond acceptors (Lipinski definition) is 3. The fraction of sp³-hybridized carbons (Fsp3) is 0.118. The van der Waals surface area contributed by atoms with Crippen molar-refractivity contribution in [1.29, 1.82) is 0 Å². The van der Waals surface area contributed by atoms with Crippen molar-refractivity contribution in [2.45, 2.75) is 13.0 Å². The second kappa shape index (κ2) is 5.31. The van der Waals surface area contributed by atoms with E-state index in [4.69, 9.17) is 4.74 Å². The standard InChI is InChI=1S/C17H15NO2/c1-12(19)16-10-9-14(11-18-16)20-17-8-4-6-13-5-2-3-7-15(13)17/h2-12,19H,1H3/t12-/m1/s1. The third-order valence-electron chi connectivity index (χ3n) is 3.16. The lowest BCUT2D eigenvalue weighted by molar-refractivity contribution is 0.194. The molecule has 1 N–H and O–H groups in total. The number of nitrogens with zero attached hydrogens (tertiary/aromatic N) is 1. The first kappa shape index (κ1) is 12.6. The maximum atomic E-state index is 9.44. The van der Waals surface area contributed by atoms with Gasteiger partial charge in [0.2, 0.25) is 0 Å². The van der Waals surface area contributed by atoms with Crippen LogP contribution >= 0.6 is 0 Å². The van der Waals surface area contributed by atoms with Gasteiger partial charge in [-0.15, -0.1) is 0 Å². The van der Waals surface area contributed by atoms with E-state index in [0.717, 1.165) is 16.5 Å². The number of pyridine rings is 1. The number of aromatic nitrogens is 1. The molecule has 2 aromatic carbocycles. The van der Waals surface area contributed by atoms with E-state index in [9.17, 15) is 5.11 Å². The molecule has 3 heteroatoms. The van der Waals surface area contributed by atoms with Gasteiger partial charge in [0.05, 0.1) is 18.0 Å². The lowest BCUT2D eigenvalue weighted by Crippen LogP contribution is -1.95. The highest BCUT2D eigenvalue weighted by atomic mass is 16.5. The third-order valence-corrected chi connectivity index (χ3v) is 3.16. The Morgan fingerprint density at radius 3 is 2.55 bits per heavy atom. The molecule has 0 saturated carbocycles. The lowest BCUT2D eigenvalue weighted by Gasteiger charge is -2.09.